The summed E-state index contributed by atoms with van der Waals surface area (Å²) in [5, 5.41) is 3.39. The van der Waals surface area contributed by atoms with Gasteiger partial charge >= 0.3 is 0 Å². The molecule has 0 unspecified atom stereocenters. The van der Waals surface area contributed by atoms with Crippen LogP contribution in [0.2, 0.25) is 0 Å². The van der Waals surface area contributed by atoms with E-state index in [9.17, 15) is 0 Å². The molecule has 2 aromatic rings. The normalized spacial score (nSPS) is 20.3. The zero-order valence-corrected chi connectivity index (χ0v) is 11.4. The number of nitrogens with one attached hydrogen (secondary N) is 1. The van der Waals surface area contributed by atoms with Crippen molar-refractivity contribution in [2.24, 2.45) is 11.5 Å². The second-order valence-electron chi connectivity index (χ2n) is 4.87. The smallest absolute Gasteiger partial charge is 0.129 e. The number of thioether (sulfide) groups is 1. The maximum Gasteiger partial charge on any atom is 0.129 e. The van der Waals surface area contributed by atoms with Gasteiger partial charge in [-0.05, 0) is 11.1 Å². The van der Waals surface area contributed by atoms with E-state index in [2.05, 4.69) is 29.6 Å². The highest BCUT2D eigenvalue weighted by atomic mass is 32.2. The van der Waals surface area contributed by atoms with Gasteiger partial charge in [-0.1, -0.05) is 60.7 Å². The van der Waals surface area contributed by atoms with Crippen LogP contribution >= 0.6 is 11.8 Å². The van der Waals surface area contributed by atoms with E-state index in [1.165, 1.54) is 11.1 Å². The highest BCUT2D eigenvalue weighted by Crippen LogP contribution is 2.45. The third kappa shape index (κ3) is 2.28. The highest BCUT2D eigenvalue weighted by Gasteiger charge is 2.46. The van der Waals surface area contributed by atoms with E-state index >= 15 is 0 Å². The maximum absolute atomic E-state index is 6.07. The van der Waals surface area contributed by atoms with E-state index < -0.39 is 5.79 Å². The number of hydrogen-bond donors (Lipinski definition) is 3. The van der Waals surface area contributed by atoms with Crippen LogP contribution in [0.25, 0.3) is 0 Å². The van der Waals surface area contributed by atoms with Crippen molar-refractivity contribution in [3.8, 4) is 0 Å². The molecule has 98 valence electrons. The van der Waals surface area contributed by atoms with Gasteiger partial charge in [-0.25, -0.2) is 0 Å². The number of benzene rings is 2. The molecule has 0 saturated carbocycles. The molecule has 19 heavy (non-hydrogen) atoms. The highest BCUT2D eigenvalue weighted by molar-refractivity contribution is 8.00. The Balaban J connectivity index is 2.13. The molecule has 5 N–H and O–H groups in total. The zero-order chi connectivity index (χ0) is 13.3. The van der Waals surface area contributed by atoms with E-state index in [0.717, 1.165) is 0 Å². The van der Waals surface area contributed by atoms with Crippen molar-refractivity contribution in [3.63, 3.8) is 0 Å². The Morgan fingerprint density at radius 1 is 0.842 bits per heavy atom. The minimum atomic E-state index is -0.851. The summed E-state index contributed by atoms with van der Waals surface area (Å²) < 4.78 is 0. The first-order chi connectivity index (χ1) is 9.12. The van der Waals surface area contributed by atoms with Gasteiger partial charge in [0.1, 0.15) is 10.7 Å². The quantitative estimate of drug-likeness (QED) is 0.729. The Morgan fingerprint density at radius 3 is 1.68 bits per heavy atom. The summed E-state index contributed by atoms with van der Waals surface area (Å²) in [4.78, 5) is -0.369. The van der Waals surface area contributed by atoms with E-state index in [1.807, 2.05) is 36.4 Å². The monoisotopic (exact) mass is 271 g/mol. The standard InChI is InChI=1S/C15H17N3S/c16-14(17)11-19-15(18-14,12-7-3-1-4-8-12)13-9-5-2-6-10-13/h1-10,18H,11,16-17H2. The molecular formula is C15H17N3S. The molecular weight excluding hydrogens is 254 g/mol. The van der Waals surface area contributed by atoms with E-state index in [4.69, 9.17) is 11.5 Å². The summed E-state index contributed by atoms with van der Waals surface area (Å²) in [5.41, 5.74) is 14.5. The topological polar surface area (TPSA) is 64.1 Å². The minimum Gasteiger partial charge on any atom is -0.300 e. The second-order valence-corrected chi connectivity index (χ2v) is 6.06. The summed E-state index contributed by atoms with van der Waals surface area (Å²) in [6, 6.07) is 20.6. The molecule has 0 spiro atoms. The summed E-state index contributed by atoms with van der Waals surface area (Å²) in [5.74, 6) is -0.187. The SMILES string of the molecule is NC1(N)CSC(c2ccccc2)(c2ccccc2)N1. The van der Waals surface area contributed by atoms with Crippen LogP contribution in [0.15, 0.2) is 60.7 Å². The van der Waals surface area contributed by atoms with Crippen LogP contribution in [-0.2, 0) is 4.87 Å². The van der Waals surface area contributed by atoms with Crippen molar-refractivity contribution < 1.29 is 0 Å². The molecule has 0 amide bonds. The van der Waals surface area contributed by atoms with Crippen molar-refractivity contribution >= 4 is 11.8 Å². The molecule has 0 radical (unpaired) electrons. The lowest BCUT2D eigenvalue weighted by atomic mass is 9.97. The molecule has 0 bridgehead atoms. The van der Waals surface area contributed by atoms with Gasteiger partial charge < -0.3 is 11.5 Å². The molecule has 0 aromatic heterocycles. The molecule has 2 aromatic carbocycles. The predicted molar refractivity (Wildman–Crippen MR) is 80.4 cm³/mol. The van der Waals surface area contributed by atoms with Gasteiger partial charge in [0, 0.05) is 5.75 Å². The molecule has 0 aliphatic carbocycles. The fraction of sp³-hybridized carbons (Fsp3) is 0.200. The lowest BCUT2D eigenvalue weighted by Gasteiger charge is -2.32. The van der Waals surface area contributed by atoms with Crippen LogP contribution < -0.4 is 16.8 Å². The predicted octanol–water partition coefficient (Wildman–Crippen LogP) is 1.80. The Bertz CT molecular complexity index is 515. The first-order valence-corrected chi connectivity index (χ1v) is 7.23. The molecule has 1 aliphatic heterocycles. The van der Waals surface area contributed by atoms with Crippen molar-refractivity contribution in [2.75, 3.05) is 5.75 Å². The number of hydrogen-bond acceptors (Lipinski definition) is 4. The van der Waals surface area contributed by atoms with Gasteiger partial charge in [-0.2, -0.15) is 0 Å². The Labute approximate surface area is 117 Å². The largest absolute Gasteiger partial charge is 0.300 e. The number of nitrogens with two attached hydrogens (primary N) is 2. The van der Waals surface area contributed by atoms with Crippen LogP contribution in [0.3, 0.4) is 0 Å². The van der Waals surface area contributed by atoms with Crippen LogP contribution in [-0.4, -0.2) is 11.5 Å². The Hall–Kier alpha value is -1.33. The molecule has 3 nitrogen and oxygen atoms in total. The molecule has 1 heterocycles. The number of rotatable bonds is 2. The maximum atomic E-state index is 6.07. The van der Waals surface area contributed by atoms with Gasteiger partial charge in [-0.15, -0.1) is 11.8 Å². The van der Waals surface area contributed by atoms with Crippen molar-refractivity contribution in [3.05, 3.63) is 71.8 Å². The Morgan fingerprint density at radius 2 is 1.32 bits per heavy atom. The van der Waals surface area contributed by atoms with E-state index in [0.29, 0.717) is 5.75 Å². The van der Waals surface area contributed by atoms with Crippen LogP contribution in [0.5, 0.6) is 0 Å². The van der Waals surface area contributed by atoms with Crippen LogP contribution in [0, 0.1) is 0 Å². The van der Waals surface area contributed by atoms with Crippen molar-refractivity contribution in [1.29, 1.82) is 0 Å². The first-order valence-electron chi connectivity index (χ1n) is 6.25. The minimum absolute atomic E-state index is 0.369. The van der Waals surface area contributed by atoms with Gasteiger partial charge in [0.2, 0.25) is 0 Å². The fourth-order valence-corrected chi connectivity index (χ4v) is 3.85. The third-order valence-corrected chi connectivity index (χ3v) is 4.93. The average Bonchev–Trinajstić information content (AvgIpc) is 2.78. The van der Waals surface area contributed by atoms with Crippen molar-refractivity contribution in [1.82, 2.24) is 5.32 Å². The molecule has 0 atom stereocenters. The molecule has 4 heteroatoms. The van der Waals surface area contributed by atoms with E-state index in [1.54, 1.807) is 11.8 Å². The van der Waals surface area contributed by atoms with Gasteiger partial charge in [0.15, 0.2) is 0 Å². The van der Waals surface area contributed by atoms with Gasteiger partial charge in [0.25, 0.3) is 0 Å². The van der Waals surface area contributed by atoms with Crippen LogP contribution in [0.1, 0.15) is 11.1 Å². The third-order valence-electron chi connectivity index (χ3n) is 3.30. The molecule has 1 saturated heterocycles. The second kappa shape index (κ2) is 4.65. The molecule has 1 fully saturated rings. The summed E-state index contributed by atoms with van der Waals surface area (Å²) in [6.45, 7) is 0. The van der Waals surface area contributed by atoms with Gasteiger partial charge in [-0.3, -0.25) is 5.32 Å². The van der Waals surface area contributed by atoms with Gasteiger partial charge in [0.05, 0.1) is 0 Å². The lowest BCUT2D eigenvalue weighted by Crippen LogP contribution is -2.63. The van der Waals surface area contributed by atoms with Crippen LogP contribution in [0.4, 0.5) is 0 Å². The first kappa shape index (κ1) is 12.7. The molecule has 3 rings (SSSR count). The fourth-order valence-electron chi connectivity index (χ4n) is 2.45. The molecule has 1 aliphatic rings. The summed E-state index contributed by atoms with van der Waals surface area (Å²) in [6.07, 6.45) is 0. The summed E-state index contributed by atoms with van der Waals surface area (Å²) >= 11 is 1.74. The lowest BCUT2D eigenvalue weighted by molar-refractivity contribution is 0.365. The zero-order valence-electron chi connectivity index (χ0n) is 10.5. The average molecular weight is 271 g/mol. The van der Waals surface area contributed by atoms with E-state index in [-0.39, 0.29) is 4.87 Å². The summed E-state index contributed by atoms with van der Waals surface area (Å²) in [7, 11) is 0. The van der Waals surface area contributed by atoms with Crippen molar-refractivity contribution in [2.45, 2.75) is 10.7 Å². The Kier molecular flexibility index (Phi) is 3.11.